The molecule has 0 saturated carbocycles. The van der Waals surface area contributed by atoms with Crippen LogP contribution < -0.4 is 5.32 Å². The van der Waals surface area contributed by atoms with Gasteiger partial charge in [-0.1, -0.05) is 29.8 Å². The third-order valence-electron chi connectivity index (χ3n) is 2.73. The molecule has 0 fully saturated rings. The number of alkyl halides is 3. The molecule has 1 aromatic rings. The molecule has 0 heterocycles. The number of hydrogen-bond donors (Lipinski definition) is 2. The monoisotopic (exact) mass is 275 g/mol. The SMILES string of the molecule is Cc1ccc(CNC(=O)C[C@@](C)(O)C(F)(F)F)cc1. The van der Waals surface area contributed by atoms with Gasteiger partial charge in [-0.15, -0.1) is 0 Å². The average Bonchev–Trinajstić information content (AvgIpc) is 2.26. The predicted octanol–water partition coefficient (Wildman–Crippen LogP) is 2.31. The van der Waals surface area contributed by atoms with E-state index in [0.29, 0.717) is 6.92 Å². The highest BCUT2D eigenvalue weighted by Crippen LogP contribution is 2.32. The van der Waals surface area contributed by atoms with Crippen LogP contribution in [0.4, 0.5) is 13.2 Å². The number of halogens is 3. The Morgan fingerprint density at radius 3 is 2.26 bits per heavy atom. The van der Waals surface area contributed by atoms with Gasteiger partial charge in [-0.25, -0.2) is 0 Å². The maximum absolute atomic E-state index is 12.4. The number of aryl methyl sites for hydroxylation is 1. The van der Waals surface area contributed by atoms with Crippen LogP contribution in [0, 0.1) is 6.92 Å². The lowest BCUT2D eigenvalue weighted by Gasteiger charge is -2.25. The molecule has 1 aromatic carbocycles. The summed E-state index contributed by atoms with van der Waals surface area (Å²) in [5.41, 5.74) is -1.18. The lowest BCUT2D eigenvalue weighted by molar-refractivity contribution is -0.253. The summed E-state index contributed by atoms with van der Waals surface area (Å²) >= 11 is 0. The molecule has 6 heteroatoms. The van der Waals surface area contributed by atoms with E-state index in [1.54, 1.807) is 12.1 Å². The van der Waals surface area contributed by atoms with Crippen molar-refractivity contribution in [2.45, 2.75) is 38.6 Å². The number of benzene rings is 1. The number of nitrogens with one attached hydrogen (secondary N) is 1. The van der Waals surface area contributed by atoms with E-state index in [1.165, 1.54) is 0 Å². The van der Waals surface area contributed by atoms with Gasteiger partial charge in [0.15, 0.2) is 5.60 Å². The fourth-order valence-electron chi connectivity index (χ4n) is 1.38. The van der Waals surface area contributed by atoms with Gasteiger partial charge < -0.3 is 10.4 Å². The van der Waals surface area contributed by atoms with Crippen LogP contribution in [0.1, 0.15) is 24.5 Å². The number of carbonyl (C=O) groups is 1. The molecule has 1 atom stereocenters. The van der Waals surface area contributed by atoms with Gasteiger partial charge in [0.1, 0.15) is 0 Å². The van der Waals surface area contributed by atoms with Gasteiger partial charge in [-0.2, -0.15) is 13.2 Å². The lowest BCUT2D eigenvalue weighted by atomic mass is 10.0. The summed E-state index contributed by atoms with van der Waals surface area (Å²) in [4.78, 5) is 11.4. The van der Waals surface area contributed by atoms with Crippen molar-refractivity contribution in [2.24, 2.45) is 0 Å². The maximum Gasteiger partial charge on any atom is 0.417 e. The van der Waals surface area contributed by atoms with Crippen molar-refractivity contribution < 1.29 is 23.1 Å². The molecule has 0 aliphatic rings. The zero-order chi connectivity index (χ0) is 14.7. The molecule has 19 heavy (non-hydrogen) atoms. The highest BCUT2D eigenvalue weighted by Gasteiger charge is 2.50. The van der Waals surface area contributed by atoms with E-state index in [9.17, 15) is 18.0 Å². The minimum Gasteiger partial charge on any atom is -0.380 e. The Morgan fingerprint density at radius 1 is 1.26 bits per heavy atom. The van der Waals surface area contributed by atoms with E-state index in [-0.39, 0.29) is 6.54 Å². The van der Waals surface area contributed by atoms with Crippen LogP contribution in [0.3, 0.4) is 0 Å². The van der Waals surface area contributed by atoms with Crippen LogP contribution in [0.5, 0.6) is 0 Å². The van der Waals surface area contributed by atoms with Crippen LogP contribution in [0.2, 0.25) is 0 Å². The molecule has 0 aliphatic carbocycles. The van der Waals surface area contributed by atoms with Crippen molar-refractivity contribution >= 4 is 5.91 Å². The van der Waals surface area contributed by atoms with Crippen LogP contribution >= 0.6 is 0 Å². The minimum atomic E-state index is -4.83. The first-order valence-corrected chi connectivity index (χ1v) is 5.73. The van der Waals surface area contributed by atoms with Crippen molar-refractivity contribution in [1.29, 1.82) is 0 Å². The van der Waals surface area contributed by atoms with Gasteiger partial charge in [0.05, 0.1) is 6.42 Å². The number of hydrogen-bond acceptors (Lipinski definition) is 2. The Labute approximate surface area is 109 Å². The molecular weight excluding hydrogens is 259 g/mol. The van der Waals surface area contributed by atoms with E-state index in [2.05, 4.69) is 5.32 Å². The Hall–Kier alpha value is -1.56. The molecule has 0 unspecified atom stereocenters. The normalized spacial score (nSPS) is 14.8. The second-order valence-corrected chi connectivity index (χ2v) is 4.71. The molecule has 1 amide bonds. The first kappa shape index (κ1) is 15.5. The van der Waals surface area contributed by atoms with Crippen molar-refractivity contribution in [3.63, 3.8) is 0 Å². The molecule has 2 N–H and O–H groups in total. The standard InChI is InChI=1S/C13H16F3NO2/c1-9-3-5-10(6-4-9)8-17-11(18)7-12(2,19)13(14,15)16/h3-6,19H,7-8H2,1-2H3,(H,17,18)/t12-/m1/s1. The number of aliphatic hydroxyl groups is 1. The number of carbonyl (C=O) groups excluding carboxylic acids is 1. The topological polar surface area (TPSA) is 49.3 Å². The highest BCUT2D eigenvalue weighted by molar-refractivity contribution is 5.77. The maximum atomic E-state index is 12.4. The molecule has 0 saturated heterocycles. The van der Waals surface area contributed by atoms with E-state index >= 15 is 0 Å². The summed E-state index contributed by atoms with van der Waals surface area (Å²) in [5, 5.41) is 11.5. The molecule has 1 rings (SSSR count). The Kier molecular flexibility index (Phi) is 4.57. The van der Waals surface area contributed by atoms with Gasteiger partial charge >= 0.3 is 6.18 Å². The van der Waals surface area contributed by atoms with Crippen LogP contribution in [-0.4, -0.2) is 22.8 Å². The number of amides is 1. The van der Waals surface area contributed by atoms with E-state index in [0.717, 1.165) is 11.1 Å². The molecule has 106 valence electrons. The molecule has 0 aromatic heterocycles. The third-order valence-corrected chi connectivity index (χ3v) is 2.73. The van der Waals surface area contributed by atoms with Gasteiger partial charge in [-0.3, -0.25) is 4.79 Å². The summed E-state index contributed by atoms with van der Waals surface area (Å²) in [6.07, 6.45) is -5.84. The molecule has 0 bridgehead atoms. The second-order valence-electron chi connectivity index (χ2n) is 4.71. The zero-order valence-electron chi connectivity index (χ0n) is 10.7. The van der Waals surface area contributed by atoms with Crippen LogP contribution in [0.15, 0.2) is 24.3 Å². The Morgan fingerprint density at radius 2 is 1.79 bits per heavy atom. The van der Waals surface area contributed by atoms with Gasteiger partial charge in [0.2, 0.25) is 5.91 Å². The van der Waals surface area contributed by atoms with Crippen LogP contribution in [0.25, 0.3) is 0 Å². The Bertz CT molecular complexity index is 438. The Balaban J connectivity index is 2.51. The van der Waals surface area contributed by atoms with Crippen molar-refractivity contribution in [3.8, 4) is 0 Å². The van der Waals surface area contributed by atoms with Crippen molar-refractivity contribution in [2.75, 3.05) is 0 Å². The fraction of sp³-hybridized carbons (Fsp3) is 0.462. The summed E-state index contributed by atoms with van der Waals surface area (Å²) in [7, 11) is 0. The highest BCUT2D eigenvalue weighted by atomic mass is 19.4. The third kappa shape index (κ3) is 4.55. The summed E-state index contributed by atoms with van der Waals surface area (Å²) in [5.74, 6) is -0.845. The fourth-order valence-corrected chi connectivity index (χ4v) is 1.38. The molecular formula is C13H16F3NO2. The van der Waals surface area contributed by atoms with E-state index in [4.69, 9.17) is 5.11 Å². The summed E-state index contributed by atoms with van der Waals surface area (Å²) < 4.78 is 37.1. The first-order valence-electron chi connectivity index (χ1n) is 5.73. The summed E-state index contributed by atoms with van der Waals surface area (Å²) in [6, 6.07) is 7.23. The van der Waals surface area contributed by atoms with E-state index < -0.39 is 24.1 Å². The molecule has 0 spiro atoms. The average molecular weight is 275 g/mol. The molecule has 0 radical (unpaired) electrons. The first-order chi connectivity index (χ1) is 8.62. The van der Waals surface area contributed by atoms with Crippen molar-refractivity contribution in [3.05, 3.63) is 35.4 Å². The van der Waals surface area contributed by atoms with Crippen LogP contribution in [-0.2, 0) is 11.3 Å². The van der Waals surface area contributed by atoms with Gasteiger partial charge in [0, 0.05) is 6.54 Å². The molecule has 3 nitrogen and oxygen atoms in total. The quantitative estimate of drug-likeness (QED) is 0.886. The predicted molar refractivity (Wildman–Crippen MR) is 64.3 cm³/mol. The van der Waals surface area contributed by atoms with Crippen molar-refractivity contribution in [1.82, 2.24) is 5.32 Å². The molecule has 0 aliphatic heterocycles. The number of rotatable bonds is 4. The van der Waals surface area contributed by atoms with Gasteiger partial charge in [-0.05, 0) is 19.4 Å². The second kappa shape index (κ2) is 5.61. The lowest BCUT2D eigenvalue weighted by Crippen LogP contribution is -2.46. The van der Waals surface area contributed by atoms with E-state index in [1.807, 2.05) is 19.1 Å². The summed E-state index contributed by atoms with van der Waals surface area (Å²) in [6.45, 7) is 2.62. The smallest absolute Gasteiger partial charge is 0.380 e. The minimum absolute atomic E-state index is 0.132. The largest absolute Gasteiger partial charge is 0.417 e. The zero-order valence-corrected chi connectivity index (χ0v) is 10.7. The van der Waals surface area contributed by atoms with Gasteiger partial charge in [0.25, 0.3) is 0 Å².